The van der Waals surface area contributed by atoms with Gasteiger partial charge >= 0.3 is 0 Å². The molecule has 3 aromatic rings. The number of hydrogen-bond acceptors (Lipinski definition) is 3. The van der Waals surface area contributed by atoms with Crippen molar-refractivity contribution in [1.29, 1.82) is 0 Å². The first-order valence-corrected chi connectivity index (χ1v) is 6.71. The molecule has 3 rings (SSSR count). The van der Waals surface area contributed by atoms with E-state index >= 15 is 0 Å². The lowest BCUT2D eigenvalue weighted by molar-refractivity contribution is 0.281. The fraction of sp³-hybridized carbons (Fsp3) is 0.188. The quantitative estimate of drug-likeness (QED) is 0.714. The summed E-state index contributed by atoms with van der Waals surface area (Å²) in [6.45, 7) is 0.907. The molecule has 0 aliphatic heterocycles. The lowest BCUT2D eigenvalue weighted by atomic mass is 10.2. The SMILES string of the molecule is Nc1cccc(-c2nc3ccccc3n2CCCO)c1. The molecule has 20 heavy (non-hydrogen) atoms. The third-order valence-electron chi connectivity index (χ3n) is 3.34. The van der Waals surface area contributed by atoms with Gasteiger partial charge < -0.3 is 15.4 Å². The van der Waals surface area contributed by atoms with Crippen LogP contribution in [0.15, 0.2) is 48.5 Å². The van der Waals surface area contributed by atoms with Gasteiger partial charge in [-0.2, -0.15) is 0 Å². The molecular formula is C16H17N3O. The van der Waals surface area contributed by atoms with E-state index in [1.54, 1.807) is 0 Å². The first-order valence-electron chi connectivity index (χ1n) is 6.71. The summed E-state index contributed by atoms with van der Waals surface area (Å²) in [5.41, 5.74) is 9.63. The highest BCUT2D eigenvalue weighted by molar-refractivity contribution is 5.81. The number of aliphatic hydroxyl groups is 1. The second kappa shape index (κ2) is 5.35. The molecule has 0 spiro atoms. The van der Waals surface area contributed by atoms with Crippen LogP contribution in [0.2, 0.25) is 0 Å². The van der Waals surface area contributed by atoms with E-state index in [1.165, 1.54) is 0 Å². The highest BCUT2D eigenvalue weighted by atomic mass is 16.3. The number of aliphatic hydroxyl groups excluding tert-OH is 1. The van der Waals surface area contributed by atoms with E-state index in [0.717, 1.165) is 34.7 Å². The zero-order chi connectivity index (χ0) is 13.9. The molecule has 102 valence electrons. The third-order valence-corrected chi connectivity index (χ3v) is 3.34. The van der Waals surface area contributed by atoms with Gasteiger partial charge in [0.15, 0.2) is 0 Å². The predicted molar refractivity (Wildman–Crippen MR) is 81.3 cm³/mol. The number of benzene rings is 2. The first kappa shape index (κ1) is 12.7. The Hall–Kier alpha value is -2.33. The van der Waals surface area contributed by atoms with Crippen molar-refractivity contribution in [2.75, 3.05) is 12.3 Å². The number of aromatic nitrogens is 2. The van der Waals surface area contributed by atoms with Gasteiger partial charge in [-0.15, -0.1) is 0 Å². The van der Waals surface area contributed by atoms with Crippen LogP contribution in [0.1, 0.15) is 6.42 Å². The molecule has 0 saturated heterocycles. The van der Waals surface area contributed by atoms with Gasteiger partial charge in [-0.25, -0.2) is 4.98 Å². The minimum absolute atomic E-state index is 0.170. The first-order chi connectivity index (χ1) is 9.79. The number of anilines is 1. The second-order valence-electron chi connectivity index (χ2n) is 4.78. The Morgan fingerprint density at radius 2 is 1.95 bits per heavy atom. The van der Waals surface area contributed by atoms with Gasteiger partial charge in [-0.1, -0.05) is 24.3 Å². The molecule has 0 aliphatic rings. The zero-order valence-electron chi connectivity index (χ0n) is 11.2. The number of para-hydroxylation sites is 2. The molecule has 4 nitrogen and oxygen atoms in total. The van der Waals surface area contributed by atoms with Gasteiger partial charge in [0.1, 0.15) is 5.82 Å². The Balaban J connectivity index is 2.18. The Labute approximate surface area is 117 Å². The van der Waals surface area contributed by atoms with Crippen LogP contribution in [0.5, 0.6) is 0 Å². The minimum atomic E-state index is 0.170. The molecule has 0 amide bonds. The summed E-state index contributed by atoms with van der Waals surface area (Å²) in [5, 5.41) is 9.09. The van der Waals surface area contributed by atoms with Crippen LogP contribution in [0.3, 0.4) is 0 Å². The summed E-state index contributed by atoms with van der Waals surface area (Å²) in [7, 11) is 0. The van der Waals surface area contributed by atoms with E-state index in [0.29, 0.717) is 6.42 Å². The lowest BCUT2D eigenvalue weighted by Gasteiger charge is -2.08. The number of nitrogen functional groups attached to an aromatic ring is 1. The standard InChI is InChI=1S/C16H17N3O/c17-13-6-3-5-12(11-13)16-18-14-7-1-2-8-15(14)19(16)9-4-10-20/h1-3,5-8,11,20H,4,9-10,17H2. The lowest BCUT2D eigenvalue weighted by Crippen LogP contribution is -2.02. The number of aryl methyl sites for hydroxylation is 1. The largest absolute Gasteiger partial charge is 0.399 e. The third kappa shape index (κ3) is 2.26. The Bertz CT molecular complexity index is 733. The molecule has 0 radical (unpaired) electrons. The predicted octanol–water partition coefficient (Wildman–Crippen LogP) is 2.67. The highest BCUT2D eigenvalue weighted by Crippen LogP contribution is 2.26. The van der Waals surface area contributed by atoms with Gasteiger partial charge in [0.25, 0.3) is 0 Å². The fourth-order valence-corrected chi connectivity index (χ4v) is 2.43. The maximum Gasteiger partial charge on any atom is 0.141 e. The average molecular weight is 267 g/mol. The molecule has 0 atom stereocenters. The van der Waals surface area contributed by atoms with Crippen molar-refractivity contribution in [2.45, 2.75) is 13.0 Å². The second-order valence-corrected chi connectivity index (χ2v) is 4.78. The Morgan fingerprint density at radius 3 is 2.75 bits per heavy atom. The summed E-state index contributed by atoms with van der Waals surface area (Å²) >= 11 is 0. The average Bonchev–Trinajstić information content (AvgIpc) is 2.84. The summed E-state index contributed by atoms with van der Waals surface area (Å²) in [4.78, 5) is 4.70. The molecule has 3 N–H and O–H groups in total. The monoisotopic (exact) mass is 267 g/mol. The number of nitrogens with two attached hydrogens (primary N) is 1. The molecule has 1 heterocycles. The molecule has 0 bridgehead atoms. The van der Waals surface area contributed by atoms with Crippen LogP contribution in [0.4, 0.5) is 5.69 Å². The topological polar surface area (TPSA) is 64.1 Å². The van der Waals surface area contributed by atoms with Gasteiger partial charge in [0, 0.05) is 24.4 Å². The maximum atomic E-state index is 9.09. The number of hydrogen-bond donors (Lipinski definition) is 2. The van der Waals surface area contributed by atoms with Crippen molar-refractivity contribution in [3.8, 4) is 11.4 Å². The van der Waals surface area contributed by atoms with E-state index in [4.69, 9.17) is 15.8 Å². The Morgan fingerprint density at radius 1 is 1.10 bits per heavy atom. The smallest absolute Gasteiger partial charge is 0.141 e. The number of rotatable bonds is 4. The molecule has 0 aliphatic carbocycles. The summed E-state index contributed by atoms with van der Waals surface area (Å²) in [6.07, 6.45) is 0.704. The van der Waals surface area contributed by atoms with Gasteiger partial charge in [-0.3, -0.25) is 0 Å². The van der Waals surface area contributed by atoms with E-state index < -0.39 is 0 Å². The van der Waals surface area contributed by atoms with Crippen molar-refractivity contribution in [3.63, 3.8) is 0 Å². The molecule has 0 saturated carbocycles. The van der Waals surface area contributed by atoms with Gasteiger partial charge in [0.2, 0.25) is 0 Å². The van der Waals surface area contributed by atoms with E-state index in [9.17, 15) is 0 Å². The molecule has 0 unspecified atom stereocenters. The fourth-order valence-electron chi connectivity index (χ4n) is 2.43. The van der Waals surface area contributed by atoms with E-state index in [1.807, 2.05) is 42.5 Å². The normalized spacial score (nSPS) is 11.1. The van der Waals surface area contributed by atoms with Gasteiger partial charge in [0.05, 0.1) is 11.0 Å². The summed E-state index contributed by atoms with van der Waals surface area (Å²) in [5.74, 6) is 0.895. The van der Waals surface area contributed by atoms with E-state index in [-0.39, 0.29) is 6.61 Å². The highest BCUT2D eigenvalue weighted by Gasteiger charge is 2.11. The maximum absolute atomic E-state index is 9.09. The van der Waals surface area contributed by atoms with Crippen molar-refractivity contribution in [3.05, 3.63) is 48.5 Å². The van der Waals surface area contributed by atoms with Crippen LogP contribution in [0.25, 0.3) is 22.4 Å². The minimum Gasteiger partial charge on any atom is -0.399 e. The van der Waals surface area contributed by atoms with Crippen LogP contribution in [0, 0.1) is 0 Å². The molecule has 0 fully saturated rings. The summed E-state index contributed by atoms with van der Waals surface area (Å²) < 4.78 is 2.14. The molecule has 2 aromatic carbocycles. The van der Waals surface area contributed by atoms with Crippen LogP contribution < -0.4 is 5.73 Å². The van der Waals surface area contributed by atoms with Crippen molar-refractivity contribution >= 4 is 16.7 Å². The van der Waals surface area contributed by atoms with Gasteiger partial charge in [-0.05, 0) is 30.7 Å². The Kier molecular flexibility index (Phi) is 3.39. The van der Waals surface area contributed by atoms with Crippen molar-refractivity contribution in [2.24, 2.45) is 0 Å². The van der Waals surface area contributed by atoms with Crippen molar-refractivity contribution in [1.82, 2.24) is 9.55 Å². The number of nitrogens with zero attached hydrogens (tertiary/aromatic N) is 2. The van der Waals surface area contributed by atoms with Crippen LogP contribution >= 0.6 is 0 Å². The van der Waals surface area contributed by atoms with E-state index in [2.05, 4.69) is 10.6 Å². The van der Waals surface area contributed by atoms with Crippen molar-refractivity contribution < 1.29 is 5.11 Å². The number of fused-ring (bicyclic) bond motifs is 1. The van der Waals surface area contributed by atoms with Crippen LogP contribution in [-0.2, 0) is 6.54 Å². The zero-order valence-corrected chi connectivity index (χ0v) is 11.2. The molecular weight excluding hydrogens is 250 g/mol. The number of imidazole rings is 1. The van der Waals surface area contributed by atoms with Crippen LogP contribution in [-0.4, -0.2) is 21.3 Å². The summed E-state index contributed by atoms with van der Waals surface area (Å²) in [6, 6.07) is 15.8. The molecule has 4 heteroatoms. The molecule has 1 aromatic heterocycles.